The van der Waals surface area contributed by atoms with Gasteiger partial charge >= 0.3 is 0 Å². The van der Waals surface area contributed by atoms with E-state index in [1.807, 2.05) is 10.7 Å². The van der Waals surface area contributed by atoms with Gasteiger partial charge < -0.3 is 10.3 Å². The molecule has 0 radical (unpaired) electrons. The predicted octanol–water partition coefficient (Wildman–Crippen LogP) is 2.32. The molecule has 5 nitrogen and oxygen atoms in total. The Kier molecular flexibility index (Phi) is 3.28. The zero-order valence-electron chi connectivity index (χ0n) is 11.8. The van der Waals surface area contributed by atoms with Crippen LogP contribution in [0.25, 0.3) is 10.9 Å². The number of nitrogens with zero attached hydrogens (tertiary/aromatic N) is 4. The van der Waals surface area contributed by atoms with Crippen LogP contribution in [0.3, 0.4) is 0 Å². The van der Waals surface area contributed by atoms with E-state index in [9.17, 15) is 0 Å². The highest BCUT2D eigenvalue weighted by atomic mass is 15.4. The quantitative estimate of drug-likeness (QED) is 0.790. The van der Waals surface area contributed by atoms with Crippen molar-refractivity contribution in [3.05, 3.63) is 48.2 Å². The van der Waals surface area contributed by atoms with Crippen LogP contribution in [0.15, 0.2) is 36.8 Å². The van der Waals surface area contributed by atoms with Gasteiger partial charge in [-0.3, -0.25) is 0 Å². The van der Waals surface area contributed by atoms with Crippen molar-refractivity contribution in [3.63, 3.8) is 0 Å². The van der Waals surface area contributed by atoms with Crippen molar-refractivity contribution in [1.82, 2.24) is 19.3 Å². The first-order valence-corrected chi connectivity index (χ1v) is 6.86. The van der Waals surface area contributed by atoms with Gasteiger partial charge in [0.2, 0.25) is 0 Å². The summed E-state index contributed by atoms with van der Waals surface area (Å²) >= 11 is 0. The molecule has 0 atom stereocenters. The molecule has 20 heavy (non-hydrogen) atoms. The van der Waals surface area contributed by atoms with Crippen molar-refractivity contribution in [1.29, 1.82) is 0 Å². The molecule has 1 aromatic carbocycles. The lowest BCUT2D eigenvalue weighted by molar-refractivity contribution is 0.498. The third-order valence-electron chi connectivity index (χ3n) is 3.54. The molecule has 2 N–H and O–H groups in total. The minimum Gasteiger partial charge on any atom is -0.340 e. The van der Waals surface area contributed by atoms with Gasteiger partial charge in [0.05, 0.1) is 12.1 Å². The Morgan fingerprint density at radius 1 is 1.25 bits per heavy atom. The summed E-state index contributed by atoms with van der Waals surface area (Å²) in [6.07, 6.45) is 3.70. The molecule has 0 aliphatic heterocycles. The summed E-state index contributed by atoms with van der Waals surface area (Å²) in [5.74, 6) is 0.962. The number of hydrogen-bond donors (Lipinski definition) is 1. The molecule has 2 aromatic heterocycles. The van der Waals surface area contributed by atoms with Gasteiger partial charge in [0, 0.05) is 18.8 Å². The molecular weight excluding hydrogens is 250 g/mol. The Morgan fingerprint density at radius 3 is 2.85 bits per heavy atom. The maximum absolute atomic E-state index is 5.85. The molecule has 2 heterocycles. The molecule has 3 aromatic rings. The zero-order chi connectivity index (χ0) is 14.1. The van der Waals surface area contributed by atoms with Gasteiger partial charge in [-0.15, -0.1) is 0 Å². The minimum absolute atomic E-state index is 0.309. The van der Waals surface area contributed by atoms with E-state index < -0.39 is 0 Å². The third kappa shape index (κ3) is 2.10. The second-order valence-electron chi connectivity index (χ2n) is 5.22. The summed E-state index contributed by atoms with van der Waals surface area (Å²) in [7, 11) is 0. The highest BCUT2D eigenvalue weighted by Crippen LogP contribution is 2.21. The van der Waals surface area contributed by atoms with Crippen molar-refractivity contribution in [2.24, 2.45) is 5.73 Å². The van der Waals surface area contributed by atoms with E-state index in [-0.39, 0.29) is 0 Å². The molecule has 0 unspecified atom stereocenters. The number of rotatable bonds is 4. The van der Waals surface area contributed by atoms with Gasteiger partial charge in [0.15, 0.2) is 0 Å². The Balaban J connectivity index is 2.05. The zero-order valence-corrected chi connectivity index (χ0v) is 11.8. The largest absolute Gasteiger partial charge is 0.340 e. The molecule has 0 aliphatic carbocycles. The van der Waals surface area contributed by atoms with Crippen LogP contribution in [0.1, 0.15) is 31.3 Å². The number of hydrogen-bond acceptors (Lipinski definition) is 3. The van der Waals surface area contributed by atoms with E-state index in [4.69, 9.17) is 5.73 Å². The molecule has 0 bridgehead atoms. The Bertz CT molecular complexity index is 723. The first-order chi connectivity index (χ1) is 9.70. The monoisotopic (exact) mass is 269 g/mol. The van der Waals surface area contributed by atoms with Crippen LogP contribution in [0.2, 0.25) is 0 Å². The van der Waals surface area contributed by atoms with Gasteiger partial charge in [0.25, 0.3) is 0 Å². The molecule has 3 rings (SSSR count). The van der Waals surface area contributed by atoms with Crippen molar-refractivity contribution < 1.29 is 0 Å². The van der Waals surface area contributed by atoms with Crippen LogP contribution in [-0.4, -0.2) is 19.3 Å². The molecular formula is C15H19N5. The van der Waals surface area contributed by atoms with Crippen molar-refractivity contribution in [3.8, 4) is 0 Å². The molecule has 104 valence electrons. The smallest absolute Gasteiger partial charge is 0.147 e. The van der Waals surface area contributed by atoms with E-state index in [0.717, 1.165) is 11.4 Å². The van der Waals surface area contributed by atoms with E-state index in [1.165, 1.54) is 10.9 Å². The van der Waals surface area contributed by atoms with Gasteiger partial charge in [-0.05, 0) is 30.9 Å². The molecule has 5 heteroatoms. The first-order valence-electron chi connectivity index (χ1n) is 6.86. The number of aromatic nitrogens is 4. The van der Waals surface area contributed by atoms with Crippen LogP contribution in [0, 0.1) is 0 Å². The summed E-state index contributed by atoms with van der Waals surface area (Å²) in [6.45, 7) is 5.46. The van der Waals surface area contributed by atoms with Crippen molar-refractivity contribution in [2.45, 2.75) is 33.0 Å². The summed E-state index contributed by atoms with van der Waals surface area (Å²) in [4.78, 5) is 4.37. The van der Waals surface area contributed by atoms with Gasteiger partial charge in [0.1, 0.15) is 12.2 Å². The second-order valence-corrected chi connectivity index (χ2v) is 5.22. The predicted molar refractivity (Wildman–Crippen MR) is 79.3 cm³/mol. The highest BCUT2D eigenvalue weighted by Gasteiger charge is 2.11. The minimum atomic E-state index is 0.309. The second kappa shape index (κ2) is 5.09. The lowest BCUT2D eigenvalue weighted by atomic mass is 10.1. The van der Waals surface area contributed by atoms with E-state index in [0.29, 0.717) is 19.1 Å². The molecule has 0 fully saturated rings. The highest BCUT2D eigenvalue weighted by molar-refractivity contribution is 5.83. The Morgan fingerprint density at radius 2 is 2.10 bits per heavy atom. The Labute approximate surface area is 118 Å². The summed E-state index contributed by atoms with van der Waals surface area (Å²) in [5, 5.41) is 5.50. The van der Waals surface area contributed by atoms with Crippen molar-refractivity contribution >= 4 is 10.9 Å². The maximum atomic E-state index is 5.85. The normalized spacial score (nSPS) is 11.6. The van der Waals surface area contributed by atoms with Gasteiger partial charge in [-0.2, -0.15) is 5.10 Å². The lowest BCUT2D eigenvalue weighted by Crippen LogP contribution is -2.12. The number of nitrogens with two attached hydrogens (primary N) is 1. The fraction of sp³-hybridized carbons (Fsp3) is 0.333. The number of benzene rings is 1. The van der Waals surface area contributed by atoms with Crippen LogP contribution in [0.4, 0.5) is 0 Å². The average molecular weight is 269 g/mol. The maximum Gasteiger partial charge on any atom is 0.147 e. The standard InChI is InChI=1S/C15H19N5/c1-11(2)20-14(17-10-18-20)9-19-7-6-12-4-3-5-13(8-16)15(12)19/h3-7,10-11H,8-9,16H2,1-2H3. The molecule has 0 amide bonds. The van der Waals surface area contributed by atoms with Crippen LogP contribution in [0.5, 0.6) is 0 Å². The average Bonchev–Trinajstić information content (AvgIpc) is 3.06. The molecule has 0 saturated carbocycles. The van der Waals surface area contributed by atoms with Crippen LogP contribution < -0.4 is 5.73 Å². The third-order valence-corrected chi connectivity index (χ3v) is 3.54. The molecule has 0 saturated heterocycles. The number of para-hydroxylation sites is 1. The molecule has 0 aliphatic rings. The summed E-state index contributed by atoms with van der Waals surface area (Å²) in [5.41, 5.74) is 8.19. The summed E-state index contributed by atoms with van der Waals surface area (Å²) in [6, 6.07) is 8.66. The van der Waals surface area contributed by atoms with Crippen molar-refractivity contribution in [2.75, 3.05) is 0 Å². The topological polar surface area (TPSA) is 61.7 Å². The van der Waals surface area contributed by atoms with E-state index in [1.54, 1.807) is 6.33 Å². The van der Waals surface area contributed by atoms with E-state index >= 15 is 0 Å². The van der Waals surface area contributed by atoms with Gasteiger partial charge in [-0.25, -0.2) is 9.67 Å². The lowest BCUT2D eigenvalue weighted by Gasteiger charge is -2.12. The fourth-order valence-electron chi connectivity index (χ4n) is 2.61. The first kappa shape index (κ1) is 12.9. The van der Waals surface area contributed by atoms with Gasteiger partial charge in [-0.1, -0.05) is 18.2 Å². The SMILES string of the molecule is CC(C)n1ncnc1Cn1ccc2cccc(CN)c21. The molecule has 0 spiro atoms. The number of fused-ring (bicyclic) bond motifs is 1. The fourth-order valence-corrected chi connectivity index (χ4v) is 2.61. The van der Waals surface area contributed by atoms with Crippen LogP contribution >= 0.6 is 0 Å². The van der Waals surface area contributed by atoms with E-state index in [2.05, 4.69) is 52.9 Å². The Hall–Kier alpha value is -2.14. The summed E-state index contributed by atoms with van der Waals surface area (Å²) < 4.78 is 4.15. The van der Waals surface area contributed by atoms with Crippen LogP contribution in [-0.2, 0) is 13.1 Å².